The molecule has 33 heavy (non-hydrogen) atoms. The van der Waals surface area contributed by atoms with Gasteiger partial charge in [0.25, 0.3) is 5.56 Å². The predicted molar refractivity (Wildman–Crippen MR) is 128 cm³/mol. The Labute approximate surface area is 196 Å². The van der Waals surface area contributed by atoms with E-state index in [0.717, 1.165) is 16.8 Å². The molecule has 0 radical (unpaired) electrons. The summed E-state index contributed by atoms with van der Waals surface area (Å²) in [6, 6.07) is 12.4. The van der Waals surface area contributed by atoms with Crippen molar-refractivity contribution in [3.05, 3.63) is 58.5 Å². The summed E-state index contributed by atoms with van der Waals surface area (Å²) in [5, 5.41) is 1.15. The number of aryl methyl sites for hydroxylation is 1. The summed E-state index contributed by atoms with van der Waals surface area (Å²) in [4.78, 5) is 48.2. The molecule has 0 N–H and O–H groups in total. The molecule has 0 saturated carbocycles. The molecule has 1 aromatic carbocycles. The Hall–Kier alpha value is -3.13. The average Bonchev–Trinajstić information content (AvgIpc) is 3.27. The van der Waals surface area contributed by atoms with Gasteiger partial charge in [-0.2, -0.15) is 4.98 Å². The summed E-state index contributed by atoms with van der Waals surface area (Å²) >= 11 is 1.42. The van der Waals surface area contributed by atoms with E-state index in [0.29, 0.717) is 35.5 Å². The van der Waals surface area contributed by atoms with Crippen LogP contribution in [0.3, 0.4) is 0 Å². The first kappa shape index (κ1) is 23.0. The van der Waals surface area contributed by atoms with Crippen LogP contribution in [0, 0.1) is 0 Å². The lowest BCUT2D eigenvalue weighted by Gasteiger charge is -2.27. The number of pyridine rings is 1. The van der Waals surface area contributed by atoms with Crippen LogP contribution in [-0.4, -0.2) is 44.9 Å². The molecule has 7 nitrogen and oxygen atoms in total. The van der Waals surface area contributed by atoms with E-state index in [1.165, 1.54) is 11.3 Å². The fourth-order valence-electron chi connectivity index (χ4n) is 3.92. The van der Waals surface area contributed by atoms with Gasteiger partial charge in [-0.15, -0.1) is 11.3 Å². The van der Waals surface area contributed by atoms with Crippen molar-refractivity contribution in [2.75, 3.05) is 6.54 Å². The van der Waals surface area contributed by atoms with Crippen LogP contribution in [0.2, 0.25) is 0 Å². The van der Waals surface area contributed by atoms with Gasteiger partial charge in [-0.3, -0.25) is 14.6 Å². The lowest BCUT2D eigenvalue weighted by Crippen LogP contribution is -2.43. The van der Waals surface area contributed by atoms with E-state index in [1.807, 2.05) is 57.2 Å². The maximum Gasteiger partial charge on any atom is 0.329 e. The number of rotatable bonds is 5. The van der Waals surface area contributed by atoms with Crippen LogP contribution in [0.1, 0.15) is 45.7 Å². The number of aromatic nitrogens is 2. The fourth-order valence-corrected chi connectivity index (χ4v) is 4.88. The van der Waals surface area contributed by atoms with E-state index in [-0.39, 0.29) is 23.9 Å². The number of esters is 1. The molecule has 3 heterocycles. The van der Waals surface area contributed by atoms with Gasteiger partial charge in [0.05, 0.1) is 11.1 Å². The molecule has 1 amide bonds. The molecule has 172 valence electrons. The Bertz CT molecular complexity index is 1250. The Balaban J connectivity index is 1.45. The number of amides is 1. The number of fused-ring (bicyclic) bond motifs is 1. The van der Waals surface area contributed by atoms with Crippen molar-refractivity contribution in [2.24, 2.45) is 0 Å². The monoisotopic (exact) mass is 465 g/mol. The highest BCUT2D eigenvalue weighted by molar-refractivity contribution is 7.21. The normalized spacial score (nSPS) is 16.2. The van der Waals surface area contributed by atoms with Crippen LogP contribution >= 0.6 is 11.3 Å². The lowest BCUT2D eigenvalue weighted by atomic mass is 10.1. The van der Waals surface area contributed by atoms with Crippen LogP contribution in [0.5, 0.6) is 0 Å². The number of hydrogen-bond donors (Lipinski definition) is 0. The number of carbonyl (C=O) groups is 2. The van der Waals surface area contributed by atoms with Crippen molar-refractivity contribution in [1.29, 1.82) is 0 Å². The summed E-state index contributed by atoms with van der Waals surface area (Å²) in [6.45, 7) is 6.04. The highest BCUT2D eigenvalue weighted by Gasteiger charge is 2.36. The summed E-state index contributed by atoms with van der Waals surface area (Å²) < 4.78 is 6.35. The maximum absolute atomic E-state index is 12.9. The number of benzene rings is 1. The number of ether oxygens (including phenoxy) is 1. The Kier molecular flexibility index (Phi) is 6.56. The predicted octanol–water partition coefficient (Wildman–Crippen LogP) is 3.98. The van der Waals surface area contributed by atoms with Crippen molar-refractivity contribution >= 4 is 33.3 Å². The third kappa shape index (κ3) is 5.45. The number of carbonyl (C=O) groups excluding carboxylic acids is 2. The van der Waals surface area contributed by atoms with Gasteiger partial charge in [-0.1, -0.05) is 18.2 Å². The van der Waals surface area contributed by atoms with Crippen molar-refractivity contribution in [1.82, 2.24) is 14.9 Å². The largest absolute Gasteiger partial charge is 0.458 e. The number of nitrogens with zero attached hydrogens (tertiary/aromatic N) is 3. The zero-order chi connectivity index (χ0) is 23.6. The van der Waals surface area contributed by atoms with Gasteiger partial charge in [0.2, 0.25) is 5.91 Å². The zero-order valence-corrected chi connectivity index (χ0v) is 19.9. The summed E-state index contributed by atoms with van der Waals surface area (Å²) in [6.07, 6.45) is 2.10. The van der Waals surface area contributed by atoms with Gasteiger partial charge < -0.3 is 9.64 Å². The van der Waals surface area contributed by atoms with E-state index in [1.54, 1.807) is 11.0 Å². The van der Waals surface area contributed by atoms with Crippen molar-refractivity contribution in [2.45, 2.75) is 58.1 Å². The molecular weight excluding hydrogens is 438 g/mol. The molecule has 1 aliphatic heterocycles. The highest BCUT2D eigenvalue weighted by atomic mass is 32.1. The molecule has 1 fully saturated rings. The third-order valence-corrected chi connectivity index (χ3v) is 6.47. The summed E-state index contributed by atoms with van der Waals surface area (Å²) in [7, 11) is 0. The molecule has 8 heteroatoms. The van der Waals surface area contributed by atoms with E-state index in [4.69, 9.17) is 4.74 Å². The lowest BCUT2D eigenvalue weighted by molar-refractivity contribution is -0.163. The minimum Gasteiger partial charge on any atom is -0.458 e. The van der Waals surface area contributed by atoms with Gasteiger partial charge in [-0.05, 0) is 64.3 Å². The van der Waals surface area contributed by atoms with E-state index in [9.17, 15) is 14.4 Å². The second-order valence-corrected chi connectivity index (χ2v) is 10.1. The highest BCUT2D eigenvalue weighted by Crippen LogP contribution is 2.25. The topological polar surface area (TPSA) is 89.5 Å². The minimum absolute atomic E-state index is 0.0796. The molecule has 1 saturated heterocycles. The van der Waals surface area contributed by atoms with Crippen LogP contribution in [0.15, 0.2) is 47.3 Å². The molecule has 1 aliphatic rings. The molecule has 2 aromatic heterocycles. The third-order valence-electron chi connectivity index (χ3n) is 5.40. The van der Waals surface area contributed by atoms with E-state index in [2.05, 4.69) is 9.97 Å². The first-order chi connectivity index (χ1) is 15.7. The van der Waals surface area contributed by atoms with Crippen LogP contribution in [-0.2, 0) is 20.7 Å². The summed E-state index contributed by atoms with van der Waals surface area (Å²) in [5.41, 5.74) is 0.494. The number of hydrogen-bond acceptors (Lipinski definition) is 7. The van der Waals surface area contributed by atoms with Crippen molar-refractivity contribution in [3.8, 4) is 10.7 Å². The van der Waals surface area contributed by atoms with Gasteiger partial charge in [0, 0.05) is 23.4 Å². The molecule has 1 atom stereocenters. The maximum atomic E-state index is 12.9. The first-order valence-electron chi connectivity index (χ1n) is 11.1. The Morgan fingerprint density at radius 2 is 1.91 bits per heavy atom. The van der Waals surface area contributed by atoms with Crippen LogP contribution in [0.4, 0.5) is 0 Å². The second-order valence-electron chi connectivity index (χ2n) is 9.11. The SMILES string of the molecule is CC(C)(C)OC(=O)C1CCCN1C(=O)CCc1cccc(-c2nc(=O)c3ccccc3s2)n1. The molecule has 4 rings (SSSR count). The minimum atomic E-state index is -0.583. The fraction of sp³-hybridized carbons (Fsp3) is 0.400. The molecule has 0 spiro atoms. The molecular formula is C25H27N3O4S. The Morgan fingerprint density at radius 3 is 2.70 bits per heavy atom. The summed E-state index contributed by atoms with van der Waals surface area (Å²) in [5.74, 6) is -0.421. The van der Waals surface area contributed by atoms with Gasteiger partial charge in [-0.25, -0.2) is 4.79 Å². The average molecular weight is 466 g/mol. The van der Waals surface area contributed by atoms with Crippen molar-refractivity contribution < 1.29 is 14.3 Å². The van der Waals surface area contributed by atoms with Gasteiger partial charge >= 0.3 is 5.97 Å². The molecule has 3 aromatic rings. The second kappa shape index (κ2) is 9.39. The van der Waals surface area contributed by atoms with Crippen molar-refractivity contribution in [3.63, 3.8) is 0 Å². The standard InChI is InChI=1S/C25H27N3O4S/c1-25(2,3)32-24(31)19-11-7-15-28(19)21(29)14-13-16-8-6-10-18(26-16)23-27-22(30)17-9-4-5-12-20(17)33-23/h4-6,8-10,12,19H,7,11,13-15H2,1-3H3. The molecule has 0 aliphatic carbocycles. The Morgan fingerprint density at radius 1 is 1.12 bits per heavy atom. The smallest absolute Gasteiger partial charge is 0.329 e. The molecule has 1 unspecified atom stereocenters. The molecule has 0 bridgehead atoms. The first-order valence-corrected chi connectivity index (χ1v) is 11.9. The van der Waals surface area contributed by atoms with Gasteiger partial charge in [0.15, 0.2) is 0 Å². The van der Waals surface area contributed by atoms with E-state index < -0.39 is 11.6 Å². The number of likely N-dealkylation sites (tertiary alicyclic amines) is 1. The van der Waals surface area contributed by atoms with Crippen LogP contribution in [0.25, 0.3) is 20.8 Å². The van der Waals surface area contributed by atoms with Crippen LogP contribution < -0.4 is 5.56 Å². The quantitative estimate of drug-likeness (QED) is 0.530. The zero-order valence-electron chi connectivity index (χ0n) is 19.0. The van der Waals surface area contributed by atoms with E-state index >= 15 is 0 Å². The van der Waals surface area contributed by atoms with Gasteiger partial charge in [0.1, 0.15) is 16.7 Å².